The number of nitrogens with one attached hydrogen (secondary N) is 1. The van der Waals surface area contributed by atoms with Crippen molar-refractivity contribution < 1.29 is 9.47 Å². The van der Waals surface area contributed by atoms with Crippen LogP contribution in [0.5, 0.6) is 0 Å². The molecular formula is C19H34N2O2. The summed E-state index contributed by atoms with van der Waals surface area (Å²) in [6, 6.07) is 1.96. The van der Waals surface area contributed by atoms with Crippen LogP contribution in [0.15, 0.2) is 0 Å². The molecule has 4 rings (SSSR count). The molecular weight excluding hydrogens is 288 g/mol. The highest BCUT2D eigenvalue weighted by Crippen LogP contribution is 2.30. The Labute approximate surface area is 141 Å². The Kier molecular flexibility index (Phi) is 5.54. The van der Waals surface area contributed by atoms with Crippen LogP contribution in [0.4, 0.5) is 0 Å². The molecule has 2 atom stereocenters. The van der Waals surface area contributed by atoms with Crippen molar-refractivity contribution in [1.82, 2.24) is 10.2 Å². The molecule has 0 aromatic rings. The van der Waals surface area contributed by atoms with Gasteiger partial charge in [-0.05, 0) is 64.0 Å². The Morgan fingerprint density at radius 2 is 1.74 bits per heavy atom. The van der Waals surface area contributed by atoms with E-state index < -0.39 is 0 Å². The molecule has 132 valence electrons. The number of piperidine rings is 1. The van der Waals surface area contributed by atoms with Crippen molar-refractivity contribution in [3.05, 3.63) is 0 Å². The summed E-state index contributed by atoms with van der Waals surface area (Å²) in [6.07, 6.45) is 12.5. The van der Waals surface area contributed by atoms with E-state index in [1.165, 1.54) is 64.5 Å². The molecule has 4 fully saturated rings. The van der Waals surface area contributed by atoms with Crippen molar-refractivity contribution in [3.63, 3.8) is 0 Å². The van der Waals surface area contributed by atoms with Crippen LogP contribution in [-0.4, -0.2) is 62.0 Å². The molecule has 2 saturated heterocycles. The normalized spacial score (nSPS) is 35.0. The van der Waals surface area contributed by atoms with Crippen LogP contribution in [0.3, 0.4) is 0 Å². The number of nitrogens with zero attached hydrogens (tertiary/aromatic N) is 1. The van der Waals surface area contributed by atoms with Gasteiger partial charge in [0.05, 0.1) is 18.8 Å². The van der Waals surface area contributed by atoms with E-state index >= 15 is 0 Å². The molecule has 0 radical (unpaired) electrons. The fraction of sp³-hybridized carbons (Fsp3) is 1.00. The SMILES string of the molecule is C1CCC(N2CCC(N[C@@H]3COCC[C@@H]3OCC3CC3)CC2)C1. The number of hydrogen-bond acceptors (Lipinski definition) is 4. The molecule has 2 aliphatic carbocycles. The monoisotopic (exact) mass is 322 g/mol. The second kappa shape index (κ2) is 7.81. The average molecular weight is 322 g/mol. The quantitative estimate of drug-likeness (QED) is 0.815. The number of ether oxygens (including phenoxy) is 2. The summed E-state index contributed by atoms with van der Waals surface area (Å²) in [4.78, 5) is 2.75. The standard InChI is InChI=1S/C19H34N2O2/c1-2-4-17(3-1)21-10-7-16(8-11-21)20-18-14-22-12-9-19(18)23-13-15-5-6-15/h15-20H,1-14H2/t18-,19+/m1/s1. The first-order valence-corrected chi connectivity index (χ1v) is 10.1. The molecule has 0 bridgehead atoms. The summed E-state index contributed by atoms with van der Waals surface area (Å²) >= 11 is 0. The van der Waals surface area contributed by atoms with Gasteiger partial charge in [0.25, 0.3) is 0 Å². The predicted octanol–water partition coefficient (Wildman–Crippen LogP) is 2.57. The molecule has 0 amide bonds. The van der Waals surface area contributed by atoms with E-state index in [4.69, 9.17) is 9.47 Å². The van der Waals surface area contributed by atoms with E-state index in [0.29, 0.717) is 18.2 Å². The molecule has 1 N–H and O–H groups in total. The average Bonchev–Trinajstić information content (AvgIpc) is 3.26. The zero-order valence-corrected chi connectivity index (χ0v) is 14.5. The van der Waals surface area contributed by atoms with Crippen LogP contribution >= 0.6 is 0 Å². The topological polar surface area (TPSA) is 33.7 Å². The molecule has 23 heavy (non-hydrogen) atoms. The maximum absolute atomic E-state index is 6.21. The van der Waals surface area contributed by atoms with Crippen LogP contribution in [0, 0.1) is 5.92 Å². The minimum atomic E-state index is 0.372. The maximum atomic E-state index is 6.21. The zero-order chi connectivity index (χ0) is 15.5. The first kappa shape index (κ1) is 16.3. The van der Waals surface area contributed by atoms with E-state index in [2.05, 4.69) is 10.2 Å². The third-order valence-corrected chi connectivity index (χ3v) is 6.36. The third-order valence-electron chi connectivity index (χ3n) is 6.36. The maximum Gasteiger partial charge on any atom is 0.0772 e. The molecule has 0 unspecified atom stereocenters. The Morgan fingerprint density at radius 1 is 0.957 bits per heavy atom. The Balaban J connectivity index is 1.22. The Bertz CT molecular complexity index is 360. The smallest absolute Gasteiger partial charge is 0.0772 e. The minimum Gasteiger partial charge on any atom is -0.380 e. The number of hydrogen-bond donors (Lipinski definition) is 1. The summed E-state index contributed by atoms with van der Waals surface area (Å²) in [5.41, 5.74) is 0. The lowest BCUT2D eigenvalue weighted by Crippen LogP contribution is -2.55. The molecule has 2 saturated carbocycles. The highest BCUT2D eigenvalue weighted by atomic mass is 16.5. The fourth-order valence-electron chi connectivity index (χ4n) is 4.62. The van der Waals surface area contributed by atoms with Gasteiger partial charge in [-0.15, -0.1) is 0 Å². The van der Waals surface area contributed by atoms with Gasteiger partial charge in [-0.2, -0.15) is 0 Å². The van der Waals surface area contributed by atoms with Gasteiger partial charge in [-0.1, -0.05) is 12.8 Å². The summed E-state index contributed by atoms with van der Waals surface area (Å²) < 4.78 is 11.9. The number of likely N-dealkylation sites (tertiary alicyclic amines) is 1. The van der Waals surface area contributed by atoms with Gasteiger partial charge < -0.3 is 19.7 Å². The molecule has 0 spiro atoms. The molecule has 4 aliphatic rings. The first-order chi connectivity index (χ1) is 11.4. The van der Waals surface area contributed by atoms with Crippen LogP contribution in [-0.2, 0) is 9.47 Å². The van der Waals surface area contributed by atoms with Crippen LogP contribution < -0.4 is 5.32 Å². The zero-order valence-electron chi connectivity index (χ0n) is 14.5. The van der Waals surface area contributed by atoms with Crippen molar-refractivity contribution >= 4 is 0 Å². The van der Waals surface area contributed by atoms with Gasteiger partial charge in [0.15, 0.2) is 0 Å². The van der Waals surface area contributed by atoms with E-state index in [-0.39, 0.29) is 0 Å². The molecule has 4 nitrogen and oxygen atoms in total. The van der Waals surface area contributed by atoms with Crippen LogP contribution in [0.25, 0.3) is 0 Å². The van der Waals surface area contributed by atoms with Gasteiger partial charge >= 0.3 is 0 Å². The van der Waals surface area contributed by atoms with Crippen molar-refractivity contribution in [2.75, 3.05) is 32.9 Å². The van der Waals surface area contributed by atoms with Gasteiger partial charge in [-0.25, -0.2) is 0 Å². The predicted molar refractivity (Wildman–Crippen MR) is 91.7 cm³/mol. The second-order valence-corrected chi connectivity index (χ2v) is 8.20. The summed E-state index contributed by atoms with van der Waals surface area (Å²) in [5, 5.41) is 3.89. The highest BCUT2D eigenvalue weighted by Gasteiger charge is 2.33. The van der Waals surface area contributed by atoms with Gasteiger partial charge in [-0.3, -0.25) is 0 Å². The van der Waals surface area contributed by atoms with Gasteiger partial charge in [0, 0.05) is 25.3 Å². The van der Waals surface area contributed by atoms with Crippen molar-refractivity contribution in [2.45, 2.75) is 82.0 Å². The number of rotatable bonds is 6. The lowest BCUT2D eigenvalue weighted by Gasteiger charge is -2.40. The fourth-order valence-corrected chi connectivity index (χ4v) is 4.62. The molecule has 2 heterocycles. The molecule has 0 aromatic heterocycles. The Morgan fingerprint density at radius 3 is 2.48 bits per heavy atom. The molecule has 4 heteroatoms. The summed E-state index contributed by atoms with van der Waals surface area (Å²) in [6.45, 7) is 5.24. The van der Waals surface area contributed by atoms with Crippen LogP contribution in [0.1, 0.15) is 57.8 Å². The summed E-state index contributed by atoms with van der Waals surface area (Å²) in [5.74, 6) is 0.855. The molecule has 2 aliphatic heterocycles. The van der Waals surface area contributed by atoms with E-state index in [9.17, 15) is 0 Å². The minimum absolute atomic E-state index is 0.372. The van der Waals surface area contributed by atoms with Gasteiger partial charge in [0.2, 0.25) is 0 Å². The van der Waals surface area contributed by atoms with Crippen molar-refractivity contribution in [3.8, 4) is 0 Å². The molecule has 0 aromatic carbocycles. The summed E-state index contributed by atoms with van der Waals surface area (Å²) in [7, 11) is 0. The van der Waals surface area contributed by atoms with E-state index in [1.54, 1.807) is 0 Å². The van der Waals surface area contributed by atoms with Crippen molar-refractivity contribution in [2.24, 2.45) is 5.92 Å². The van der Waals surface area contributed by atoms with E-state index in [0.717, 1.165) is 38.2 Å². The Hall–Kier alpha value is -0.160. The second-order valence-electron chi connectivity index (χ2n) is 8.20. The highest BCUT2D eigenvalue weighted by molar-refractivity contribution is 4.89. The largest absolute Gasteiger partial charge is 0.380 e. The lowest BCUT2D eigenvalue weighted by atomic mass is 9.99. The first-order valence-electron chi connectivity index (χ1n) is 10.1. The van der Waals surface area contributed by atoms with Crippen molar-refractivity contribution in [1.29, 1.82) is 0 Å². The van der Waals surface area contributed by atoms with E-state index in [1.807, 2.05) is 0 Å². The lowest BCUT2D eigenvalue weighted by molar-refractivity contribution is -0.0632. The third kappa shape index (κ3) is 4.47. The van der Waals surface area contributed by atoms with Crippen LogP contribution in [0.2, 0.25) is 0 Å². The van der Waals surface area contributed by atoms with Gasteiger partial charge in [0.1, 0.15) is 0 Å².